The number of hydrogen-bond acceptors (Lipinski definition) is 3. The number of aromatic nitrogens is 1. The minimum absolute atomic E-state index is 0.202. The summed E-state index contributed by atoms with van der Waals surface area (Å²) in [5.41, 5.74) is 7.73. The van der Waals surface area contributed by atoms with Crippen molar-refractivity contribution in [1.82, 2.24) is 9.88 Å². The second kappa shape index (κ2) is 7.19. The molecule has 0 saturated carbocycles. The summed E-state index contributed by atoms with van der Waals surface area (Å²) < 4.78 is 0. The van der Waals surface area contributed by atoms with Crippen LogP contribution in [-0.2, 0) is 0 Å². The highest BCUT2D eigenvalue weighted by atomic mass is 15.2. The van der Waals surface area contributed by atoms with Gasteiger partial charge in [-0.3, -0.25) is 9.88 Å². The second-order valence-electron chi connectivity index (χ2n) is 6.41. The maximum Gasteiger partial charge on any atom is 0.0500 e. The first-order valence-corrected chi connectivity index (χ1v) is 8.03. The first kappa shape index (κ1) is 15.5. The Bertz CT molecular complexity index is 382. The SMILES string of the molecule is CCC(N)C(c1ccncc1)N1CCC(C(C)C)CC1. The number of piperidine rings is 1. The first-order valence-electron chi connectivity index (χ1n) is 8.03. The molecule has 2 heterocycles. The largest absolute Gasteiger partial charge is 0.326 e. The predicted molar refractivity (Wildman–Crippen MR) is 84.4 cm³/mol. The summed E-state index contributed by atoms with van der Waals surface area (Å²) in [5, 5.41) is 0. The Hall–Kier alpha value is -0.930. The van der Waals surface area contributed by atoms with E-state index in [4.69, 9.17) is 5.73 Å². The van der Waals surface area contributed by atoms with E-state index in [9.17, 15) is 0 Å². The third-order valence-corrected chi connectivity index (χ3v) is 4.83. The molecule has 3 nitrogen and oxygen atoms in total. The molecule has 112 valence electrons. The fraction of sp³-hybridized carbons (Fsp3) is 0.706. The van der Waals surface area contributed by atoms with Crippen LogP contribution in [0.4, 0.5) is 0 Å². The molecule has 2 N–H and O–H groups in total. The molecule has 0 spiro atoms. The van der Waals surface area contributed by atoms with Gasteiger partial charge in [-0.05, 0) is 61.9 Å². The standard InChI is InChI=1S/C17H29N3/c1-4-16(18)17(15-5-9-19-10-6-15)20-11-7-14(8-12-20)13(2)3/h5-6,9-10,13-14,16-17H,4,7-8,11-12,18H2,1-3H3. The van der Waals surface area contributed by atoms with Crippen LogP contribution in [0.2, 0.25) is 0 Å². The summed E-state index contributed by atoms with van der Waals surface area (Å²) in [6.07, 6.45) is 7.37. The van der Waals surface area contributed by atoms with Crippen LogP contribution in [0.15, 0.2) is 24.5 Å². The van der Waals surface area contributed by atoms with E-state index in [-0.39, 0.29) is 6.04 Å². The Labute approximate surface area is 123 Å². The van der Waals surface area contributed by atoms with Crippen LogP contribution in [0, 0.1) is 11.8 Å². The number of nitrogens with two attached hydrogens (primary N) is 1. The zero-order chi connectivity index (χ0) is 14.5. The van der Waals surface area contributed by atoms with Crippen LogP contribution in [0.1, 0.15) is 51.6 Å². The van der Waals surface area contributed by atoms with Crippen molar-refractivity contribution in [3.8, 4) is 0 Å². The van der Waals surface area contributed by atoms with Crippen LogP contribution in [-0.4, -0.2) is 29.0 Å². The maximum atomic E-state index is 6.41. The van der Waals surface area contributed by atoms with Gasteiger partial charge in [0.25, 0.3) is 0 Å². The van der Waals surface area contributed by atoms with Gasteiger partial charge in [-0.25, -0.2) is 0 Å². The predicted octanol–water partition coefficient (Wildman–Crippen LogP) is 3.23. The van der Waals surface area contributed by atoms with E-state index in [1.54, 1.807) is 0 Å². The fourth-order valence-corrected chi connectivity index (χ4v) is 3.38. The fourth-order valence-electron chi connectivity index (χ4n) is 3.38. The van der Waals surface area contributed by atoms with Gasteiger partial charge in [-0.2, -0.15) is 0 Å². The van der Waals surface area contributed by atoms with E-state index < -0.39 is 0 Å². The van der Waals surface area contributed by atoms with E-state index in [0.717, 1.165) is 18.3 Å². The van der Waals surface area contributed by atoms with Gasteiger partial charge in [0, 0.05) is 24.5 Å². The van der Waals surface area contributed by atoms with Gasteiger partial charge in [0.15, 0.2) is 0 Å². The molecule has 0 aliphatic carbocycles. The molecule has 2 atom stereocenters. The van der Waals surface area contributed by atoms with Gasteiger partial charge >= 0.3 is 0 Å². The third-order valence-electron chi connectivity index (χ3n) is 4.83. The number of rotatable bonds is 5. The zero-order valence-corrected chi connectivity index (χ0v) is 13.1. The molecule has 0 amide bonds. The van der Waals surface area contributed by atoms with Crippen molar-refractivity contribution in [2.45, 2.75) is 52.1 Å². The van der Waals surface area contributed by atoms with Crippen molar-refractivity contribution in [3.63, 3.8) is 0 Å². The van der Waals surface area contributed by atoms with Crippen LogP contribution < -0.4 is 5.73 Å². The lowest BCUT2D eigenvalue weighted by atomic mass is 9.85. The quantitative estimate of drug-likeness (QED) is 0.897. The van der Waals surface area contributed by atoms with Gasteiger partial charge in [-0.1, -0.05) is 20.8 Å². The summed E-state index contributed by atoms with van der Waals surface area (Å²) in [4.78, 5) is 6.72. The summed E-state index contributed by atoms with van der Waals surface area (Å²) >= 11 is 0. The Kier molecular flexibility index (Phi) is 5.55. The van der Waals surface area contributed by atoms with Crippen LogP contribution in [0.5, 0.6) is 0 Å². The number of nitrogens with zero attached hydrogens (tertiary/aromatic N) is 2. The lowest BCUT2D eigenvalue weighted by Crippen LogP contribution is -2.45. The molecule has 1 aliphatic rings. The summed E-state index contributed by atoms with van der Waals surface area (Å²) in [7, 11) is 0. The van der Waals surface area contributed by atoms with Crippen molar-refractivity contribution < 1.29 is 0 Å². The summed E-state index contributed by atoms with van der Waals surface area (Å²) in [6, 6.07) is 4.78. The number of hydrogen-bond donors (Lipinski definition) is 1. The Balaban J connectivity index is 2.09. The second-order valence-corrected chi connectivity index (χ2v) is 6.41. The molecule has 0 aromatic carbocycles. The van der Waals surface area contributed by atoms with Gasteiger partial charge in [0.1, 0.15) is 0 Å². The van der Waals surface area contributed by atoms with Crippen molar-refractivity contribution in [3.05, 3.63) is 30.1 Å². The Morgan fingerprint density at radius 3 is 2.35 bits per heavy atom. The normalized spacial score (nSPS) is 21.1. The topological polar surface area (TPSA) is 42.1 Å². The van der Waals surface area contributed by atoms with E-state index in [2.05, 4.69) is 42.8 Å². The minimum atomic E-state index is 0.202. The van der Waals surface area contributed by atoms with Gasteiger partial charge in [-0.15, -0.1) is 0 Å². The third kappa shape index (κ3) is 3.58. The molecule has 2 unspecified atom stereocenters. The molecular formula is C17H29N3. The lowest BCUT2D eigenvalue weighted by molar-refractivity contribution is 0.0992. The molecule has 1 saturated heterocycles. The minimum Gasteiger partial charge on any atom is -0.326 e. The Morgan fingerprint density at radius 1 is 1.25 bits per heavy atom. The molecule has 1 aliphatic heterocycles. The molecule has 3 heteroatoms. The summed E-state index contributed by atoms with van der Waals surface area (Å²) in [6.45, 7) is 9.21. The molecular weight excluding hydrogens is 246 g/mol. The molecule has 2 rings (SSSR count). The molecule has 0 radical (unpaired) electrons. The monoisotopic (exact) mass is 275 g/mol. The molecule has 1 aromatic rings. The van der Waals surface area contributed by atoms with E-state index in [1.165, 1.54) is 31.5 Å². The highest BCUT2D eigenvalue weighted by molar-refractivity contribution is 5.17. The van der Waals surface area contributed by atoms with Crippen molar-refractivity contribution in [2.75, 3.05) is 13.1 Å². The average Bonchev–Trinajstić information content (AvgIpc) is 2.49. The highest BCUT2D eigenvalue weighted by Gasteiger charge is 2.30. The van der Waals surface area contributed by atoms with E-state index in [0.29, 0.717) is 6.04 Å². The van der Waals surface area contributed by atoms with Gasteiger partial charge in [0.05, 0.1) is 0 Å². The van der Waals surface area contributed by atoms with Crippen LogP contribution >= 0.6 is 0 Å². The van der Waals surface area contributed by atoms with Gasteiger partial charge < -0.3 is 5.73 Å². The molecule has 1 aromatic heterocycles. The number of pyridine rings is 1. The smallest absolute Gasteiger partial charge is 0.0500 e. The highest BCUT2D eigenvalue weighted by Crippen LogP contribution is 2.31. The molecule has 1 fully saturated rings. The van der Waals surface area contributed by atoms with E-state index in [1.807, 2.05) is 12.4 Å². The van der Waals surface area contributed by atoms with Gasteiger partial charge in [0.2, 0.25) is 0 Å². The van der Waals surface area contributed by atoms with Crippen molar-refractivity contribution in [2.24, 2.45) is 17.6 Å². The van der Waals surface area contributed by atoms with Crippen molar-refractivity contribution in [1.29, 1.82) is 0 Å². The summed E-state index contributed by atoms with van der Waals surface area (Å²) in [5.74, 6) is 1.68. The molecule has 20 heavy (non-hydrogen) atoms. The maximum absolute atomic E-state index is 6.41. The number of likely N-dealkylation sites (tertiary alicyclic amines) is 1. The van der Waals surface area contributed by atoms with Crippen molar-refractivity contribution >= 4 is 0 Å². The van der Waals surface area contributed by atoms with Crippen LogP contribution in [0.3, 0.4) is 0 Å². The lowest BCUT2D eigenvalue weighted by Gasteiger charge is -2.41. The van der Waals surface area contributed by atoms with Crippen LogP contribution in [0.25, 0.3) is 0 Å². The van der Waals surface area contributed by atoms with E-state index >= 15 is 0 Å². The molecule has 0 bridgehead atoms. The zero-order valence-electron chi connectivity index (χ0n) is 13.1. The first-order chi connectivity index (χ1) is 9.63. The average molecular weight is 275 g/mol. The Morgan fingerprint density at radius 2 is 1.85 bits per heavy atom.